The maximum absolute atomic E-state index is 8.52. The van der Waals surface area contributed by atoms with E-state index in [1.807, 2.05) is 20.8 Å². The van der Waals surface area contributed by atoms with Gasteiger partial charge < -0.3 is 16.0 Å². The van der Waals surface area contributed by atoms with Gasteiger partial charge in [0.25, 0.3) is 0 Å². The first kappa shape index (κ1) is 31.1. The Morgan fingerprint density at radius 2 is 0.778 bits per heavy atom. The van der Waals surface area contributed by atoms with Crippen LogP contribution in [0.2, 0.25) is 0 Å². The Kier molecular flexibility index (Phi) is 52.8. The van der Waals surface area contributed by atoms with Gasteiger partial charge in [-0.25, -0.2) is 0 Å². The second kappa shape index (κ2) is 30.5. The molecule has 0 heterocycles. The van der Waals surface area contributed by atoms with Gasteiger partial charge in [-0.1, -0.05) is 20.8 Å². The topological polar surface area (TPSA) is 64.6 Å². The molecule has 0 fully saturated rings. The molecular formula is C13H33N4Nb-3. The van der Waals surface area contributed by atoms with E-state index in [1.165, 1.54) is 0 Å². The van der Waals surface area contributed by atoms with E-state index in [-0.39, 0.29) is 22.4 Å². The summed E-state index contributed by atoms with van der Waals surface area (Å²) < 4.78 is 0. The van der Waals surface area contributed by atoms with Crippen LogP contribution in [0.4, 0.5) is 0 Å². The van der Waals surface area contributed by atoms with Gasteiger partial charge >= 0.3 is 0 Å². The molecule has 0 N–H and O–H groups in total. The Morgan fingerprint density at radius 1 is 0.722 bits per heavy atom. The largest absolute Gasteiger partial charge is 0.665 e. The zero-order chi connectivity index (χ0) is 14.7. The standard InChI is InChI=1S/C4H9N.3C3H8N.Nb/c1-4(2,3)5;3*1-3-4-2;/h1-3H3;3*3H2,1-2H3;/q;3*-1;. The molecular weight excluding hydrogens is 305 g/mol. The van der Waals surface area contributed by atoms with E-state index in [0.29, 0.717) is 0 Å². The molecule has 0 aromatic heterocycles. The Balaban J connectivity index is -0.0000000412. The molecule has 3 radical (unpaired) electrons. The number of nitrogens with zero attached hydrogens (tertiary/aromatic N) is 4. The quantitative estimate of drug-likeness (QED) is 0.701. The monoisotopic (exact) mass is 338 g/mol. The Labute approximate surface area is 132 Å². The van der Waals surface area contributed by atoms with Crippen molar-refractivity contribution < 1.29 is 22.4 Å². The Hall–Kier alpha value is 0.580. The average molecular weight is 338 g/mol. The summed E-state index contributed by atoms with van der Waals surface area (Å²) in [6, 6.07) is 0. The molecule has 0 aromatic rings. The summed E-state index contributed by atoms with van der Waals surface area (Å²) in [5, 5.41) is 11.2. The second-order valence-electron chi connectivity index (χ2n) is 4.07. The fraction of sp³-hybridized carbons (Fsp3) is 1.00. The molecule has 0 aliphatic heterocycles. The van der Waals surface area contributed by atoms with E-state index >= 15 is 0 Å². The number of rotatable bonds is 3. The van der Waals surface area contributed by atoms with Crippen LogP contribution in [0.25, 0.3) is 16.0 Å². The van der Waals surface area contributed by atoms with Gasteiger partial charge in [-0.2, -0.15) is 40.8 Å². The van der Waals surface area contributed by atoms with E-state index < -0.39 is 5.54 Å². The summed E-state index contributed by atoms with van der Waals surface area (Å²) >= 11 is 0. The van der Waals surface area contributed by atoms with Crippen LogP contribution in [-0.2, 0) is 22.4 Å². The third kappa shape index (κ3) is 314. The maximum Gasteiger partial charge on any atom is 0.0459 e. The Bertz CT molecular complexity index is 74.0. The van der Waals surface area contributed by atoms with Gasteiger partial charge in [-0.05, 0) is 20.8 Å². The summed E-state index contributed by atoms with van der Waals surface area (Å²) in [6.45, 7) is 14.1. The predicted molar refractivity (Wildman–Crippen MR) is 81.4 cm³/mol. The summed E-state index contributed by atoms with van der Waals surface area (Å²) in [4.78, 5) is 0. The first-order valence-electron chi connectivity index (χ1n) is 6.14. The van der Waals surface area contributed by atoms with Gasteiger partial charge in [0, 0.05) is 27.9 Å². The molecule has 0 spiro atoms. The van der Waals surface area contributed by atoms with E-state index in [4.69, 9.17) is 5.73 Å². The van der Waals surface area contributed by atoms with Crippen molar-refractivity contribution in [2.45, 2.75) is 47.1 Å². The van der Waals surface area contributed by atoms with Crippen LogP contribution in [0.3, 0.4) is 0 Å². The van der Waals surface area contributed by atoms with Crippen molar-refractivity contribution >= 4 is 0 Å². The third-order valence-electron chi connectivity index (χ3n) is 0.949. The number of hydrogen-bond donors (Lipinski definition) is 0. The van der Waals surface area contributed by atoms with Crippen molar-refractivity contribution in [1.82, 2.24) is 5.73 Å². The van der Waals surface area contributed by atoms with Gasteiger partial charge in [0.2, 0.25) is 0 Å². The molecule has 0 rings (SSSR count). The van der Waals surface area contributed by atoms with Gasteiger partial charge in [0.05, 0.1) is 0 Å². The van der Waals surface area contributed by atoms with Crippen LogP contribution in [0, 0.1) is 0 Å². The smallest absolute Gasteiger partial charge is 0.0459 e. The first-order valence-corrected chi connectivity index (χ1v) is 6.14. The van der Waals surface area contributed by atoms with Crippen molar-refractivity contribution in [2.75, 3.05) is 40.8 Å². The van der Waals surface area contributed by atoms with E-state index in [0.717, 1.165) is 19.6 Å². The minimum Gasteiger partial charge on any atom is -0.665 e. The zero-order valence-corrected chi connectivity index (χ0v) is 16.1. The van der Waals surface area contributed by atoms with Gasteiger partial charge in [0.15, 0.2) is 0 Å². The van der Waals surface area contributed by atoms with Crippen LogP contribution in [0.15, 0.2) is 0 Å². The normalized spacial score (nSPS) is 8.33. The molecule has 0 saturated heterocycles. The van der Waals surface area contributed by atoms with Crippen molar-refractivity contribution in [2.24, 2.45) is 0 Å². The third-order valence-corrected chi connectivity index (χ3v) is 0.949. The van der Waals surface area contributed by atoms with E-state index in [1.54, 1.807) is 41.9 Å². The van der Waals surface area contributed by atoms with E-state index in [2.05, 4.69) is 16.0 Å². The summed E-state index contributed by atoms with van der Waals surface area (Å²) in [6.07, 6.45) is 0. The number of hydrogen-bond acceptors (Lipinski definition) is 0. The van der Waals surface area contributed by atoms with Gasteiger partial charge in [0.1, 0.15) is 0 Å². The predicted octanol–water partition coefficient (Wildman–Crippen LogP) is 3.88. The van der Waals surface area contributed by atoms with Crippen molar-refractivity contribution in [3.05, 3.63) is 16.0 Å². The molecule has 113 valence electrons. The first-order chi connectivity index (χ1) is 7.74. The summed E-state index contributed by atoms with van der Waals surface area (Å²) in [7, 11) is 5.42. The van der Waals surface area contributed by atoms with Crippen molar-refractivity contribution in [3.63, 3.8) is 0 Å². The molecule has 18 heavy (non-hydrogen) atoms. The molecule has 0 unspecified atom stereocenters. The van der Waals surface area contributed by atoms with Gasteiger partial charge in [-0.15, -0.1) is 5.73 Å². The minimum absolute atomic E-state index is 0. The van der Waals surface area contributed by atoms with E-state index in [9.17, 15) is 0 Å². The second-order valence-corrected chi connectivity index (χ2v) is 4.07. The molecule has 0 aromatic carbocycles. The molecule has 0 saturated carbocycles. The van der Waals surface area contributed by atoms with Crippen molar-refractivity contribution in [1.29, 1.82) is 0 Å². The molecule has 5 heteroatoms. The molecule has 0 amide bonds. The van der Waals surface area contributed by atoms with Gasteiger partial charge in [-0.3, -0.25) is 0 Å². The van der Waals surface area contributed by atoms with Crippen LogP contribution in [0.5, 0.6) is 0 Å². The minimum atomic E-state index is -0.500. The maximum atomic E-state index is 8.52. The van der Waals surface area contributed by atoms with Crippen LogP contribution >= 0.6 is 0 Å². The van der Waals surface area contributed by atoms with Crippen LogP contribution < -0.4 is 5.73 Å². The fourth-order valence-corrected chi connectivity index (χ4v) is 0. The molecule has 4 nitrogen and oxygen atoms in total. The van der Waals surface area contributed by atoms with Crippen LogP contribution in [0.1, 0.15) is 41.5 Å². The Morgan fingerprint density at radius 3 is 0.778 bits per heavy atom. The fourth-order valence-electron chi connectivity index (χ4n) is 0. The SMILES string of the molecule is CC(C)(C)[N].CC[N-]C.CC[N-]C.CC[N-]C.[Nb]. The zero-order valence-electron chi connectivity index (χ0n) is 13.9. The van der Waals surface area contributed by atoms with Crippen LogP contribution in [-0.4, -0.2) is 46.3 Å². The molecule has 0 atom stereocenters. The molecule has 0 bridgehead atoms. The molecule has 0 aliphatic rings. The molecule has 0 aliphatic carbocycles. The summed E-state index contributed by atoms with van der Waals surface area (Å²) in [5.41, 5.74) is 8.02. The van der Waals surface area contributed by atoms with Crippen molar-refractivity contribution in [3.8, 4) is 0 Å². The summed E-state index contributed by atoms with van der Waals surface area (Å²) in [5.74, 6) is 0. The average Bonchev–Trinajstić information content (AvgIpc) is 2.27.